The van der Waals surface area contributed by atoms with Gasteiger partial charge in [-0.3, -0.25) is 4.98 Å². The Kier molecular flexibility index (Phi) is 3.64. The molecule has 14 heavy (non-hydrogen) atoms. The lowest BCUT2D eigenvalue weighted by molar-refractivity contribution is 0.554. The summed E-state index contributed by atoms with van der Waals surface area (Å²) in [5.41, 5.74) is 2.03. The van der Waals surface area contributed by atoms with Crippen LogP contribution in [0.5, 0.6) is 0 Å². The van der Waals surface area contributed by atoms with Crippen molar-refractivity contribution >= 4 is 0 Å². The summed E-state index contributed by atoms with van der Waals surface area (Å²) in [4.78, 5) is 4.20. The Balaban J connectivity index is 2.80. The number of pyridine rings is 1. The Morgan fingerprint density at radius 2 is 2.14 bits per heavy atom. The molecule has 1 rings (SSSR count). The molecule has 0 radical (unpaired) electrons. The predicted octanol–water partition coefficient (Wildman–Crippen LogP) is 3.04. The Morgan fingerprint density at radius 3 is 2.57 bits per heavy atom. The minimum absolute atomic E-state index is 0.0110. The predicted molar refractivity (Wildman–Crippen MR) is 56.8 cm³/mol. The largest absolute Gasteiger partial charge is 0.261 e. The highest BCUT2D eigenvalue weighted by molar-refractivity contribution is 5.23. The highest BCUT2D eigenvalue weighted by atomic mass is 14.7. The molecule has 0 amide bonds. The third-order valence-corrected chi connectivity index (χ3v) is 2.20. The van der Waals surface area contributed by atoms with E-state index in [0.29, 0.717) is 5.92 Å². The number of nitrogens with zero attached hydrogens (tertiary/aromatic N) is 2. The second-order valence-electron chi connectivity index (χ2n) is 4.04. The molecule has 1 atom stereocenters. The van der Waals surface area contributed by atoms with Crippen LogP contribution in [0.4, 0.5) is 0 Å². The standard InChI is InChI=1S/C12H16N2/c1-9(2)6-12(7-13)11-5-4-10(3)14-8-11/h4-5,8-9,12H,6H2,1-3H3/t12-/m0/s1. The van der Waals surface area contributed by atoms with Crippen molar-refractivity contribution in [2.75, 3.05) is 0 Å². The molecule has 0 saturated heterocycles. The van der Waals surface area contributed by atoms with Crippen molar-refractivity contribution in [3.63, 3.8) is 0 Å². The van der Waals surface area contributed by atoms with Gasteiger partial charge in [-0.25, -0.2) is 0 Å². The van der Waals surface area contributed by atoms with E-state index in [1.54, 1.807) is 0 Å². The van der Waals surface area contributed by atoms with E-state index in [1.165, 1.54) is 0 Å². The smallest absolute Gasteiger partial charge is 0.0730 e. The zero-order chi connectivity index (χ0) is 10.6. The van der Waals surface area contributed by atoms with Crippen molar-refractivity contribution < 1.29 is 0 Å². The minimum atomic E-state index is -0.0110. The lowest BCUT2D eigenvalue weighted by atomic mass is 9.92. The summed E-state index contributed by atoms with van der Waals surface area (Å²) in [5.74, 6) is 0.532. The molecule has 0 aliphatic heterocycles. The van der Waals surface area contributed by atoms with Gasteiger partial charge >= 0.3 is 0 Å². The molecule has 1 aromatic rings. The van der Waals surface area contributed by atoms with Crippen LogP contribution >= 0.6 is 0 Å². The molecule has 1 aromatic heterocycles. The first-order valence-electron chi connectivity index (χ1n) is 4.95. The van der Waals surface area contributed by atoms with Crippen LogP contribution in [0.25, 0.3) is 0 Å². The highest BCUT2D eigenvalue weighted by Gasteiger charge is 2.12. The van der Waals surface area contributed by atoms with Gasteiger partial charge in [0.2, 0.25) is 0 Å². The maximum Gasteiger partial charge on any atom is 0.0730 e. The number of rotatable bonds is 3. The Hall–Kier alpha value is -1.36. The van der Waals surface area contributed by atoms with Gasteiger partial charge in [0.05, 0.1) is 12.0 Å². The zero-order valence-corrected chi connectivity index (χ0v) is 8.99. The van der Waals surface area contributed by atoms with Gasteiger partial charge < -0.3 is 0 Å². The summed E-state index contributed by atoms with van der Waals surface area (Å²) in [7, 11) is 0. The quantitative estimate of drug-likeness (QED) is 0.731. The summed E-state index contributed by atoms with van der Waals surface area (Å²) in [6.45, 7) is 6.21. The molecule has 2 heteroatoms. The summed E-state index contributed by atoms with van der Waals surface area (Å²) in [5, 5.41) is 9.02. The van der Waals surface area contributed by atoms with E-state index in [-0.39, 0.29) is 5.92 Å². The van der Waals surface area contributed by atoms with E-state index in [0.717, 1.165) is 17.7 Å². The SMILES string of the molecule is Cc1ccc([C@H](C#N)CC(C)C)cn1. The average Bonchev–Trinajstić information content (AvgIpc) is 2.15. The average molecular weight is 188 g/mol. The second-order valence-corrected chi connectivity index (χ2v) is 4.04. The fourth-order valence-electron chi connectivity index (χ4n) is 1.42. The van der Waals surface area contributed by atoms with Crippen molar-refractivity contribution in [2.45, 2.75) is 33.1 Å². The van der Waals surface area contributed by atoms with Crippen molar-refractivity contribution in [3.05, 3.63) is 29.6 Å². The molecule has 2 nitrogen and oxygen atoms in total. The maximum absolute atomic E-state index is 9.02. The van der Waals surface area contributed by atoms with Gasteiger partial charge in [0.15, 0.2) is 0 Å². The number of hydrogen-bond acceptors (Lipinski definition) is 2. The molecule has 0 fully saturated rings. The summed E-state index contributed by atoms with van der Waals surface area (Å²) >= 11 is 0. The van der Waals surface area contributed by atoms with Crippen LogP contribution in [0, 0.1) is 24.2 Å². The first-order chi connectivity index (χ1) is 6.63. The lowest BCUT2D eigenvalue weighted by Crippen LogP contribution is -2.01. The third-order valence-electron chi connectivity index (χ3n) is 2.20. The lowest BCUT2D eigenvalue weighted by Gasteiger charge is -2.11. The number of aromatic nitrogens is 1. The molecule has 0 saturated carbocycles. The number of hydrogen-bond donors (Lipinski definition) is 0. The molecule has 0 aliphatic carbocycles. The van der Waals surface area contributed by atoms with E-state index in [9.17, 15) is 0 Å². The summed E-state index contributed by atoms with van der Waals surface area (Å²) in [6.07, 6.45) is 2.72. The molecule has 0 aromatic carbocycles. The van der Waals surface area contributed by atoms with Crippen LogP contribution in [0.3, 0.4) is 0 Å². The van der Waals surface area contributed by atoms with Gasteiger partial charge in [0, 0.05) is 11.9 Å². The van der Waals surface area contributed by atoms with E-state index in [2.05, 4.69) is 24.9 Å². The molecule has 0 aliphatic rings. The van der Waals surface area contributed by atoms with Crippen LogP contribution in [0.1, 0.15) is 37.4 Å². The van der Waals surface area contributed by atoms with Gasteiger partial charge in [-0.05, 0) is 30.9 Å². The number of nitriles is 1. The molecule has 0 N–H and O–H groups in total. The Morgan fingerprint density at radius 1 is 1.43 bits per heavy atom. The molecule has 0 unspecified atom stereocenters. The fourth-order valence-corrected chi connectivity index (χ4v) is 1.42. The molecular formula is C12H16N2. The second kappa shape index (κ2) is 4.76. The van der Waals surface area contributed by atoms with Crippen LogP contribution in [0.15, 0.2) is 18.3 Å². The van der Waals surface area contributed by atoms with Crippen molar-refractivity contribution in [1.29, 1.82) is 5.26 Å². The summed E-state index contributed by atoms with van der Waals surface area (Å²) in [6, 6.07) is 6.29. The highest BCUT2D eigenvalue weighted by Crippen LogP contribution is 2.22. The van der Waals surface area contributed by atoms with Gasteiger partial charge in [0.1, 0.15) is 0 Å². The van der Waals surface area contributed by atoms with Crippen molar-refractivity contribution in [2.24, 2.45) is 5.92 Å². The van der Waals surface area contributed by atoms with E-state index in [1.807, 2.05) is 25.3 Å². The fraction of sp³-hybridized carbons (Fsp3) is 0.500. The third kappa shape index (κ3) is 2.85. The van der Waals surface area contributed by atoms with Gasteiger partial charge in [0.25, 0.3) is 0 Å². The maximum atomic E-state index is 9.02. The monoisotopic (exact) mass is 188 g/mol. The number of aryl methyl sites for hydroxylation is 1. The van der Waals surface area contributed by atoms with Gasteiger partial charge in [-0.2, -0.15) is 5.26 Å². The van der Waals surface area contributed by atoms with Crippen LogP contribution in [-0.4, -0.2) is 4.98 Å². The van der Waals surface area contributed by atoms with Crippen LogP contribution < -0.4 is 0 Å². The van der Waals surface area contributed by atoms with Gasteiger partial charge in [-0.1, -0.05) is 19.9 Å². The van der Waals surface area contributed by atoms with Crippen molar-refractivity contribution in [3.8, 4) is 6.07 Å². The zero-order valence-electron chi connectivity index (χ0n) is 8.99. The van der Waals surface area contributed by atoms with E-state index in [4.69, 9.17) is 5.26 Å². The first kappa shape index (κ1) is 10.7. The van der Waals surface area contributed by atoms with E-state index >= 15 is 0 Å². The van der Waals surface area contributed by atoms with E-state index < -0.39 is 0 Å². The molecule has 74 valence electrons. The topological polar surface area (TPSA) is 36.7 Å². The molecule has 1 heterocycles. The van der Waals surface area contributed by atoms with Gasteiger partial charge in [-0.15, -0.1) is 0 Å². The molecular weight excluding hydrogens is 172 g/mol. The van der Waals surface area contributed by atoms with Crippen molar-refractivity contribution in [1.82, 2.24) is 4.98 Å². The normalized spacial score (nSPS) is 12.5. The van der Waals surface area contributed by atoms with Crippen LogP contribution in [0.2, 0.25) is 0 Å². The molecule has 0 bridgehead atoms. The van der Waals surface area contributed by atoms with Crippen LogP contribution in [-0.2, 0) is 0 Å². The minimum Gasteiger partial charge on any atom is -0.261 e. The Bertz CT molecular complexity index is 319. The summed E-state index contributed by atoms with van der Waals surface area (Å²) < 4.78 is 0. The first-order valence-corrected chi connectivity index (χ1v) is 4.95. The Labute approximate surface area is 85.6 Å². The molecule has 0 spiro atoms.